The molecule has 1 aromatic carbocycles. The molecule has 5 nitrogen and oxygen atoms in total. The fourth-order valence-corrected chi connectivity index (χ4v) is 3.02. The highest BCUT2D eigenvalue weighted by molar-refractivity contribution is 7.88. The van der Waals surface area contributed by atoms with Gasteiger partial charge in [-0.05, 0) is 12.0 Å². The van der Waals surface area contributed by atoms with Crippen molar-refractivity contribution in [1.82, 2.24) is 9.21 Å². The highest BCUT2D eigenvalue weighted by Crippen LogP contribution is 2.07. The smallest absolute Gasteiger partial charge is 0.223 e. The first-order valence-electron chi connectivity index (χ1n) is 7.57. The SMILES string of the molecule is CCCCN(CCC(=O)N(C)Cc1ccccc1)S(C)(=O)=O. The molecule has 0 aliphatic heterocycles. The van der Waals surface area contributed by atoms with Crippen molar-refractivity contribution >= 4 is 15.9 Å². The van der Waals surface area contributed by atoms with Crippen LogP contribution in [0.1, 0.15) is 31.7 Å². The van der Waals surface area contributed by atoms with Gasteiger partial charge in [-0.15, -0.1) is 0 Å². The maximum atomic E-state index is 12.2. The number of sulfonamides is 1. The molecular weight excluding hydrogens is 300 g/mol. The number of amides is 1. The normalized spacial score (nSPS) is 11.6. The fraction of sp³-hybridized carbons (Fsp3) is 0.562. The van der Waals surface area contributed by atoms with E-state index < -0.39 is 10.0 Å². The average molecular weight is 326 g/mol. The molecule has 0 saturated carbocycles. The van der Waals surface area contributed by atoms with E-state index in [-0.39, 0.29) is 18.9 Å². The Morgan fingerprint density at radius 2 is 1.77 bits per heavy atom. The van der Waals surface area contributed by atoms with Crippen LogP contribution >= 0.6 is 0 Å². The lowest BCUT2D eigenvalue weighted by Crippen LogP contribution is -2.35. The van der Waals surface area contributed by atoms with E-state index in [1.54, 1.807) is 11.9 Å². The van der Waals surface area contributed by atoms with Crippen molar-refractivity contribution in [3.8, 4) is 0 Å². The van der Waals surface area contributed by atoms with Gasteiger partial charge < -0.3 is 4.90 Å². The Morgan fingerprint density at radius 1 is 1.14 bits per heavy atom. The Balaban J connectivity index is 2.52. The number of hydrogen-bond donors (Lipinski definition) is 0. The minimum absolute atomic E-state index is 0.0472. The maximum Gasteiger partial charge on any atom is 0.223 e. The molecule has 0 aliphatic rings. The van der Waals surface area contributed by atoms with Crippen LogP contribution in [0.2, 0.25) is 0 Å². The molecule has 0 aromatic heterocycles. The first kappa shape index (κ1) is 18.6. The van der Waals surface area contributed by atoms with Crippen LogP contribution in [-0.2, 0) is 21.4 Å². The molecule has 0 radical (unpaired) electrons. The van der Waals surface area contributed by atoms with Crippen LogP contribution in [0.5, 0.6) is 0 Å². The number of nitrogens with zero attached hydrogens (tertiary/aromatic N) is 2. The Kier molecular flexibility index (Phi) is 7.55. The molecule has 0 saturated heterocycles. The van der Waals surface area contributed by atoms with Crippen LogP contribution in [0.25, 0.3) is 0 Å². The summed E-state index contributed by atoms with van der Waals surface area (Å²) >= 11 is 0. The second-order valence-electron chi connectivity index (χ2n) is 5.50. The summed E-state index contributed by atoms with van der Waals surface area (Å²) in [4.78, 5) is 13.8. The summed E-state index contributed by atoms with van der Waals surface area (Å²) in [5.41, 5.74) is 1.06. The Labute approximate surface area is 134 Å². The van der Waals surface area contributed by atoms with Crippen LogP contribution < -0.4 is 0 Å². The lowest BCUT2D eigenvalue weighted by atomic mass is 10.2. The molecule has 6 heteroatoms. The third-order valence-corrected chi connectivity index (χ3v) is 4.80. The first-order valence-corrected chi connectivity index (χ1v) is 9.42. The minimum atomic E-state index is -3.25. The molecule has 0 unspecified atom stereocenters. The summed E-state index contributed by atoms with van der Waals surface area (Å²) in [5.74, 6) is -0.0472. The molecule has 0 heterocycles. The Hall–Kier alpha value is -1.40. The van der Waals surface area contributed by atoms with Gasteiger partial charge >= 0.3 is 0 Å². The standard InChI is InChI=1S/C16H26N2O3S/c1-4-5-12-18(22(3,20)21)13-11-16(19)17(2)14-15-9-7-6-8-10-15/h6-10H,4-5,11-14H2,1-3H3. The molecule has 22 heavy (non-hydrogen) atoms. The molecule has 1 rings (SSSR count). The van der Waals surface area contributed by atoms with E-state index >= 15 is 0 Å². The van der Waals surface area contributed by atoms with Crippen LogP contribution in [0.4, 0.5) is 0 Å². The summed E-state index contributed by atoms with van der Waals surface area (Å²) in [6.45, 7) is 3.27. The molecule has 0 atom stereocenters. The molecule has 1 aromatic rings. The van der Waals surface area contributed by atoms with Gasteiger partial charge in [-0.25, -0.2) is 12.7 Å². The van der Waals surface area contributed by atoms with Crippen molar-refractivity contribution in [3.63, 3.8) is 0 Å². The van der Waals surface area contributed by atoms with Gasteiger partial charge in [0.2, 0.25) is 15.9 Å². The third-order valence-electron chi connectivity index (χ3n) is 3.49. The van der Waals surface area contributed by atoms with E-state index in [0.29, 0.717) is 13.1 Å². The third kappa shape index (κ3) is 6.58. The molecule has 124 valence electrons. The minimum Gasteiger partial charge on any atom is -0.341 e. The van der Waals surface area contributed by atoms with Crippen molar-refractivity contribution in [2.75, 3.05) is 26.4 Å². The number of carbonyl (C=O) groups excluding carboxylic acids is 1. The highest BCUT2D eigenvalue weighted by Gasteiger charge is 2.18. The number of benzene rings is 1. The van der Waals surface area contributed by atoms with Gasteiger partial charge in [-0.1, -0.05) is 43.7 Å². The number of carbonyl (C=O) groups is 1. The lowest BCUT2D eigenvalue weighted by Gasteiger charge is -2.22. The first-order chi connectivity index (χ1) is 10.3. The molecule has 0 bridgehead atoms. The zero-order valence-corrected chi connectivity index (χ0v) is 14.5. The van der Waals surface area contributed by atoms with E-state index in [2.05, 4.69) is 0 Å². The predicted octanol–water partition coefficient (Wildman–Crippen LogP) is 2.10. The van der Waals surface area contributed by atoms with Gasteiger partial charge in [-0.2, -0.15) is 0 Å². The second kappa shape index (κ2) is 8.90. The summed E-state index contributed by atoms with van der Waals surface area (Å²) in [5, 5.41) is 0. The number of hydrogen-bond acceptors (Lipinski definition) is 3. The molecule has 0 spiro atoms. The van der Waals surface area contributed by atoms with Crippen molar-refractivity contribution in [1.29, 1.82) is 0 Å². The van der Waals surface area contributed by atoms with Crippen LogP contribution in [0.15, 0.2) is 30.3 Å². The lowest BCUT2D eigenvalue weighted by molar-refractivity contribution is -0.130. The summed E-state index contributed by atoms with van der Waals surface area (Å²) in [6, 6.07) is 9.73. The molecule has 0 N–H and O–H groups in total. The van der Waals surface area contributed by atoms with Crippen molar-refractivity contribution in [2.45, 2.75) is 32.7 Å². The molecule has 0 fully saturated rings. The van der Waals surface area contributed by atoms with Gasteiger partial charge in [0, 0.05) is 33.1 Å². The van der Waals surface area contributed by atoms with E-state index in [9.17, 15) is 13.2 Å². The largest absolute Gasteiger partial charge is 0.341 e. The molecular formula is C16H26N2O3S. The zero-order valence-electron chi connectivity index (χ0n) is 13.7. The van der Waals surface area contributed by atoms with Crippen LogP contribution in [0.3, 0.4) is 0 Å². The Morgan fingerprint density at radius 3 is 2.32 bits per heavy atom. The monoisotopic (exact) mass is 326 g/mol. The fourth-order valence-electron chi connectivity index (χ4n) is 2.13. The van der Waals surface area contributed by atoms with Crippen molar-refractivity contribution in [3.05, 3.63) is 35.9 Å². The van der Waals surface area contributed by atoms with E-state index in [1.807, 2.05) is 37.3 Å². The van der Waals surface area contributed by atoms with Crippen LogP contribution in [0, 0.1) is 0 Å². The van der Waals surface area contributed by atoms with Crippen molar-refractivity contribution < 1.29 is 13.2 Å². The zero-order chi connectivity index (χ0) is 16.6. The number of unbranched alkanes of at least 4 members (excludes halogenated alkanes) is 1. The van der Waals surface area contributed by atoms with Gasteiger partial charge in [0.25, 0.3) is 0 Å². The molecule has 0 aliphatic carbocycles. The maximum absolute atomic E-state index is 12.2. The van der Waals surface area contributed by atoms with E-state index in [1.165, 1.54) is 10.6 Å². The van der Waals surface area contributed by atoms with Gasteiger partial charge in [-0.3, -0.25) is 4.79 Å². The van der Waals surface area contributed by atoms with Crippen molar-refractivity contribution in [2.24, 2.45) is 0 Å². The summed E-state index contributed by atoms with van der Waals surface area (Å²) in [6.07, 6.45) is 3.13. The predicted molar refractivity (Wildman–Crippen MR) is 88.9 cm³/mol. The summed E-state index contributed by atoms with van der Waals surface area (Å²) < 4.78 is 24.8. The van der Waals surface area contributed by atoms with Gasteiger partial charge in [0.1, 0.15) is 0 Å². The quantitative estimate of drug-likeness (QED) is 0.698. The average Bonchev–Trinajstić information content (AvgIpc) is 2.46. The van der Waals surface area contributed by atoms with Gasteiger partial charge in [0.15, 0.2) is 0 Å². The Bertz CT molecular complexity index is 558. The highest BCUT2D eigenvalue weighted by atomic mass is 32.2. The van der Waals surface area contributed by atoms with E-state index in [0.717, 1.165) is 18.4 Å². The second-order valence-corrected chi connectivity index (χ2v) is 7.48. The topological polar surface area (TPSA) is 57.7 Å². The molecule has 1 amide bonds. The number of rotatable bonds is 9. The summed E-state index contributed by atoms with van der Waals surface area (Å²) in [7, 11) is -1.51. The van der Waals surface area contributed by atoms with Crippen LogP contribution in [-0.4, -0.2) is 49.9 Å². The van der Waals surface area contributed by atoms with E-state index in [4.69, 9.17) is 0 Å². The van der Waals surface area contributed by atoms with Gasteiger partial charge in [0.05, 0.1) is 6.26 Å².